The zero-order chi connectivity index (χ0) is 11.4. The molecular weight excluding hydrogens is 222 g/mol. The summed E-state index contributed by atoms with van der Waals surface area (Å²) in [7, 11) is 0. The summed E-state index contributed by atoms with van der Waals surface area (Å²) in [6, 6.07) is 7.89. The van der Waals surface area contributed by atoms with Crippen molar-refractivity contribution in [1.82, 2.24) is 5.32 Å². The van der Waals surface area contributed by atoms with Crippen molar-refractivity contribution in [3.8, 4) is 0 Å². The molecule has 1 saturated carbocycles. The van der Waals surface area contributed by atoms with Crippen LogP contribution < -0.4 is 5.32 Å². The molecule has 0 unspecified atom stereocenters. The van der Waals surface area contributed by atoms with E-state index < -0.39 is 0 Å². The van der Waals surface area contributed by atoms with E-state index in [-0.39, 0.29) is 5.91 Å². The van der Waals surface area contributed by atoms with E-state index in [0.29, 0.717) is 17.5 Å². The molecule has 0 aromatic heterocycles. The van der Waals surface area contributed by atoms with Gasteiger partial charge in [-0.15, -0.1) is 0 Å². The average Bonchev–Trinajstić information content (AvgIpc) is 2.74. The van der Waals surface area contributed by atoms with E-state index in [0.717, 1.165) is 18.4 Å². The Bertz CT molecular complexity index is 372. The Hall–Kier alpha value is -1.02. The van der Waals surface area contributed by atoms with Crippen molar-refractivity contribution in [2.45, 2.75) is 38.1 Å². The number of halogens is 1. The number of hydrogen-bond donors (Lipinski definition) is 1. The molecule has 1 fully saturated rings. The van der Waals surface area contributed by atoms with Gasteiger partial charge in [0, 0.05) is 11.1 Å². The summed E-state index contributed by atoms with van der Waals surface area (Å²) in [6.07, 6.45) is 5.09. The van der Waals surface area contributed by atoms with E-state index in [9.17, 15) is 4.79 Å². The molecule has 1 N–H and O–H groups in total. The molecule has 1 aromatic carbocycles. The highest BCUT2D eigenvalue weighted by molar-refractivity contribution is 6.31. The Morgan fingerprint density at radius 1 is 1.31 bits per heavy atom. The lowest BCUT2D eigenvalue weighted by atomic mass is 10.1. The van der Waals surface area contributed by atoms with Gasteiger partial charge in [-0.1, -0.05) is 42.6 Å². The van der Waals surface area contributed by atoms with Crippen LogP contribution in [0.3, 0.4) is 0 Å². The molecule has 1 aliphatic rings. The van der Waals surface area contributed by atoms with Crippen molar-refractivity contribution in [2.24, 2.45) is 0 Å². The van der Waals surface area contributed by atoms with Crippen LogP contribution in [-0.2, 0) is 11.2 Å². The van der Waals surface area contributed by atoms with E-state index in [2.05, 4.69) is 5.32 Å². The van der Waals surface area contributed by atoms with Crippen LogP contribution in [0, 0.1) is 0 Å². The van der Waals surface area contributed by atoms with Crippen LogP contribution in [0.2, 0.25) is 5.02 Å². The lowest BCUT2D eigenvalue weighted by Crippen LogP contribution is -2.33. The van der Waals surface area contributed by atoms with E-state index in [4.69, 9.17) is 11.6 Å². The van der Waals surface area contributed by atoms with Crippen molar-refractivity contribution in [3.05, 3.63) is 34.9 Å². The molecule has 16 heavy (non-hydrogen) atoms. The third-order valence-electron chi connectivity index (χ3n) is 3.03. The van der Waals surface area contributed by atoms with Crippen LogP contribution in [0.4, 0.5) is 0 Å². The molecule has 1 aromatic rings. The molecular formula is C13H16ClNO. The van der Waals surface area contributed by atoms with Gasteiger partial charge in [-0.3, -0.25) is 4.79 Å². The highest BCUT2D eigenvalue weighted by Crippen LogP contribution is 2.19. The van der Waals surface area contributed by atoms with Crippen LogP contribution in [0.15, 0.2) is 24.3 Å². The van der Waals surface area contributed by atoms with Gasteiger partial charge in [0.05, 0.1) is 6.42 Å². The maximum Gasteiger partial charge on any atom is 0.224 e. The van der Waals surface area contributed by atoms with E-state index in [1.165, 1.54) is 12.8 Å². The summed E-state index contributed by atoms with van der Waals surface area (Å²) >= 11 is 6.00. The summed E-state index contributed by atoms with van der Waals surface area (Å²) in [4.78, 5) is 11.8. The Kier molecular flexibility index (Phi) is 3.83. The maximum absolute atomic E-state index is 11.8. The highest BCUT2D eigenvalue weighted by Gasteiger charge is 2.17. The molecule has 2 nitrogen and oxygen atoms in total. The van der Waals surface area contributed by atoms with Crippen molar-refractivity contribution in [1.29, 1.82) is 0 Å². The molecule has 3 heteroatoms. The molecule has 0 radical (unpaired) electrons. The molecule has 2 rings (SSSR count). The van der Waals surface area contributed by atoms with Gasteiger partial charge in [0.2, 0.25) is 5.91 Å². The second kappa shape index (κ2) is 5.35. The number of amides is 1. The smallest absolute Gasteiger partial charge is 0.224 e. The Labute approximate surface area is 101 Å². The fraction of sp³-hybridized carbons (Fsp3) is 0.462. The van der Waals surface area contributed by atoms with Gasteiger partial charge in [-0.05, 0) is 24.5 Å². The first-order chi connectivity index (χ1) is 7.75. The van der Waals surface area contributed by atoms with Gasteiger partial charge in [0.1, 0.15) is 0 Å². The summed E-state index contributed by atoms with van der Waals surface area (Å²) in [5.41, 5.74) is 0.902. The van der Waals surface area contributed by atoms with E-state index in [1.54, 1.807) is 0 Å². The SMILES string of the molecule is O=C(Cc1ccccc1Cl)NC1CCCC1. The summed E-state index contributed by atoms with van der Waals surface area (Å²) < 4.78 is 0. The Morgan fingerprint density at radius 2 is 2.00 bits per heavy atom. The van der Waals surface area contributed by atoms with Crippen LogP contribution in [0.5, 0.6) is 0 Å². The van der Waals surface area contributed by atoms with Gasteiger partial charge < -0.3 is 5.32 Å². The largest absolute Gasteiger partial charge is 0.353 e. The number of carbonyl (C=O) groups is 1. The zero-order valence-electron chi connectivity index (χ0n) is 9.21. The standard InChI is InChI=1S/C13H16ClNO/c14-12-8-4-1-5-10(12)9-13(16)15-11-6-2-3-7-11/h1,4-5,8,11H,2-3,6-7,9H2,(H,15,16). The summed E-state index contributed by atoms with van der Waals surface area (Å²) in [6.45, 7) is 0. The predicted molar refractivity (Wildman–Crippen MR) is 65.6 cm³/mol. The first-order valence-electron chi connectivity index (χ1n) is 5.78. The molecule has 0 aliphatic heterocycles. The van der Waals surface area contributed by atoms with E-state index in [1.807, 2.05) is 24.3 Å². The number of hydrogen-bond acceptors (Lipinski definition) is 1. The van der Waals surface area contributed by atoms with Crippen LogP contribution in [0.1, 0.15) is 31.2 Å². The molecule has 0 bridgehead atoms. The normalized spacial score (nSPS) is 16.3. The second-order valence-corrected chi connectivity index (χ2v) is 4.72. The third-order valence-corrected chi connectivity index (χ3v) is 3.40. The molecule has 86 valence electrons. The monoisotopic (exact) mass is 237 g/mol. The minimum absolute atomic E-state index is 0.0833. The lowest BCUT2D eigenvalue weighted by molar-refractivity contribution is -0.121. The third kappa shape index (κ3) is 2.99. The molecule has 0 saturated heterocycles. The fourth-order valence-corrected chi connectivity index (χ4v) is 2.37. The van der Waals surface area contributed by atoms with Gasteiger partial charge in [0.25, 0.3) is 0 Å². The number of benzene rings is 1. The van der Waals surface area contributed by atoms with Gasteiger partial charge >= 0.3 is 0 Å². The minimum atomic E-state index is 0.0833. The van der Waals surface area contributed by atoms with Crippen LogP contribution in [-0.4, -0.2) is 11.9 Å². The maximum atomic E-state index is 11.8. The average molecular weight is 238 g/mol. The predicted octanol–water partition coefficient (Wildman–Crippen LogP) is 2.94. The van der Waals surface area contributed by atoms with Crippen molar-refractivity contribution >= 4 is 17.5 Å². The van der Waals surface area contributed by atoms with Crippen LogP contribution >= 0.6 is 11.6 Å². The molecule has 1 aliphatic carbocycles. The van der Waals surface area contributed by atoms with Gasteiger partial charge in [0.15, 0.2) is 0 Å². The zero-order valence-corrected chi connectivity index (χ0v) is 9.96. The summed E-state index contributed by atoms with van der Waals surface area (Å²) in [5.74, 6) is 0.0833. The van der Waals surface area contributed by atoms with Crippen molar-refractivity contribution in [2.75, 3.05) is 0 Å². The first kappa shape index (κ1) is 11.5. The van der Waals surface area contributed by atoms with Gasteiger partial charge in [-0.2, -0.15) is 0 Å². The topological polar surface area (TPSA) is 29.1 Å². The highest BCUT2D eigenvalue weighted by atomic mass is 35.5. The fourth-order valence-electron chi connectivity index (χ4n) is 2.16. The van der Waals surface area contributed by atoms with Crippen molar-refractivity contribution in [3.63, 3.8) is 0 Å². The molecule has 0 atom stereocenters. The van der Waals surface area contributed by atoms with Gasteiger partial charge in [-0.25, -0.2) is 0 Å². The summed E-state index contributed by atoms with van der Waals surface area (Å²) in [5, 5.41) is 3.73. The number of carbonyl (C=O) groups excluding carboxylic acids is 1. The molecule has 1 amide bonds. The molecule has 0 spiro atoms. The van der Waals surface area contributed by atoms with Crippen molar-refractivity contribution < 1.29 is 4.79 Å². The first-order valence-corrected chi connectivity index (χ1v) is 6.16. The number of nitrogens with one attached hydrogen (secondary N) is 1. The van der Waals surface area contributed by atoms with Crippen LogP contribution in [0.25, 0.3) is 0 Å². The Balaban J connectivity index is 1.89. The Morgan fingerprint density at radius 3 is 2.69 bits per heavy atom. The quantitative estimate of drug-likeness (QED) is 0.861. The second-order valence-electron chi connectivity index (χ2n) is 4.32. The lowest BCUT2D eigenvalue weighted by Gasteiger charge is -2.12. The molecule has 0 heterocycles. The van der Waals surface area contributed by atoms with E-state index >= 15 is 0 Å². The number of rotatable bonds is 3. The minimum Gasteiger partial charge on any atom is -0.353 e.